The normalized spacial score (nSPS) is 15.0. The molecular weight excluding hydrogens is 823 g/mol. The molecule has 14 rings (SSSR count). The van der Waals surface area contributed by atoms with Gasteiger partial charge in [0.1, 0.15) is 11.2 Å². The Labute approximate surface area is 397 Å². The largest absolute Gasteiger partial charge is 0.456 e. The van der Waals surface area contributed by atoms with Crippen LogP contribution in [0.3, 0.4) is 0 Å². The van der Waals surface area contributed by atoms with E-state index in [0.29, 0.717) is 0 Å². The zero-order chi connectivity index (χ0) is 45.4. The third-order valence-electron chi connectivity index (χ3n) is 16.0. The van der Waals surface area contributed by atoms with Crippen molar-refractivity contribution in [1.82, 2.24) is 0 Å². The van der Waals surface area contributed by atoms with Crippen molar-refractivity contribution in [2.45, 2.75) is 37.0 Å². The molecule has 3 aliphatic carbocycles. The van der Waals surface area contributed by atoms with Crippen molar-refractivity contribution in [2.24, 2.45) is 0 Å². The van der Waals surface area contributed by atoms with Crippen molar-refractivity contribution in [3.8, 4) is 33.4 Å². The molecule has 0 amide bonds. The van der Waals surface area contributed by atoms with E-state index in [1.165, 1.54) is 77.9 Å². The second kappa shape index (κ2) is 14.2. The van der Waals surface area contributed by atoms with Crippen LogP contribution in [0.15, 0.2) is 235 Å². The minimum Gasteiger partial charge on any atom is -0.456 e. The molecule has 1 aromatic heterocycles. The number of rotatable bonds is 6. The van der Waals surface area contributed by atoms with Crippen molar-refractivity contribution in [2.75, 3.05) is 4.90 Å². The van der Waals surface area contributed by atoms with Gasteiger partial charge in [0.05, 0.1) is 5.41 Å². The summed E-state index contributed by atoms with van der Waals surface area (Å²) in [6, 6.07) is 85.9. The lowest BCUT2D eigenvalue weighted by molar-refractivity contribution is 0.638. The van der Waals surface area contributed by atoms with Gasteiger partial charge in [-0.15, -0.1) is 0 Å². The molecule has 0 aliphatic heterocycles. The first kappa shape index (κ1) is 39.0. The maximum atomic E-state index is 7.06. The third-order valence-corrected chi connectivity index (χ3v) is 16.0. The molecule has 3 aliphatic rings. The number of hydrogen-bond donors (Lipinski definition) is 0. The van der Waals surface area contributed by atoms with Crippen LogP contribution in [0.5, 0.6) is 0 Å². The second-order valence-corrected chi connectivity index (χ2v) is 19.7. The first-order valence-electron chi connectivity index (χ1n) is 23.9. The Bertz CT molecular complexity index is 3770. The van der Waals surface area contributed by atoms with E-state index in [4.69, 9.17) is 4.42 Å². The molecule has 11 aromatic rings. The zero-order valence-electron chi connectivity index (χ0n) is 38.3. The highest BCUT2D eigenvalue weighted by molar-refractivity contribution is 6.09. The molecule has 68 heavy (non-hydrogen) atoms. The Morgan fingerprint density at radius 3 is 1.38 bits per heavy atom. The van der Waals surface area contributed by atoms with E-state index in [2.05, 4.69) is 256 Å². The highest BCUT2D eigenvalue weighted by Crippen LogP contribution is 2.59. The molecule has 0 saturated carbocycles. The molecule has 0 unspecified atom stereocenters. The lowest BCUT2D eigenvalue weighted by atomic mass is 9.67. The van der Waals surface area contributed by atoms with E-state index >= 15 is 0 Å². The Morgan fingerprint density at radius 1 is 0.324 bits per heavy atom. The fraction of sp³-hybridized carbons (Fsp3) is 0.0909. The van der Waals surface area contributed by atoms with Gasteiger partial charge in [0, 0.05) is 44.2 Å². The molecule has 10 aromatic carbocycles. The number of anilines is 3. The van der Waals surface area contributed by atoms with E-state index in [9.17, 15) is 0 Å². The van der Waals surface area contributed by atoms with Gasteiger partial charge in [-0.05, 0) is 127 Å². The molecule has 0 bridgehead atoms. The highest BCUT2D eigenvalue weighted by atomic mass is 16.3. The average Bonchev–Trinajstić information content (AvgIpc) is 4.07. The van der Waals surface area contributed by atoms with Crippen LogP contribution in [0.1, 0.15) is 70.8 Å². The van der Waals surface area contributed by atoms with Crippen LogP contribution in [0.2, 0.25) is 0 Å². The van der Waals surface area contributed by atoms with Gasteiger partial charge in [-0.25, -0.2) is 0 Å². The minimum absolute atomic E-state index is 0.191. The van der Waals surface area contributed by atoms with Gasteiger partial charge in [0.15, 0.2) is 0 Å². The summed E-state index contributed by atoms with van der Waals surface area (Å²) in [6.07, 6.45) is 0. The molecular formula is C66H47NO. The topological polar surface area (TPSA) is 16.4 Å². The van der Waals surface area contributed by atoms with Crippen LogP contribution in [0.25, 0.3) is 55.3 Å². The first-order chi connectivity index (χ1) is 33.4. The summed E-state index contributed by atoms with van der Waals surface area (Å²) in [5, 5.41) is 2.21. The lowest BCUT2D eigenvalue weighted by Crippen LogP contribution is -2.28. The number of nitrogens with zero attached hydrogens (tertiary/aromatic N) is 1. The summed E-state index contributed by atoms with van der Waals surface area (Å²) < 4.78 is 7.06. The summed E-state index contributed by atoms with van der Waals surface area (Å²) in [5.74, 6) is 0. The van der Waals surface area contributed by atoms with E-state index in [1.54, 1.807) is 0 Å². The molecule has 0 atom stereocenters. The fourth-order valence-electron chi connectivity index (χ4n) is 12.9. The monoisotopic (exact) mass is 869 g/mol. The number of fused-ring (bicyclic) bond motifs is 12. The van der Waals surface area contributed by atoms with Crippen molar-refractivity contribution < 1.29 is 4.42 Å². The van der Waals surface area contributed by atoms with E-state index in [1.807, 2.05) is 0 Å². The molecule has 0 fully saturated rings. The van der Waals surface area contributed by atoms with Crippen LogP contribution >= 0.6 is 0 Å². The van der Waals surface area contributed by atoms with Gasteiger partial charge in [-0.2, -0.15) is 0 Å². The van der Waals surface area contributed by atoms with Crippen molar-refractivity contribution in [3.63, 3.8) is 0 Å². The van der Waals surface area contributed by atoms with Gasteiger partial charge >= 0.3 is 0 Å². The Morgan fingerprint density at radius 2 is 0.765 bits per heavy atom. The molecule has 322 valence electrons. The van der Waals surface area contributed by atoms with E-state index < -0.39 is 10.8 Å². The second-order valence-electron chi connectivity index (χ2n) is 19.7. The number of hydrogen-bond acceptors (Lipinski definition) is 2. The molecule has 2 heteroatoms. The minimum atomic E-state index is -0.557. The number of benzene rings is 10. The van der Waals surface area contributed by atoms with Crippen LogP contribution in [0.4, 0.5) is 17.1 Å². The molecule has 0 N–H and O–H groups in total. The van der Waals surface area contributed by atoms with E-state index in [-0.39, 0.29) is 5.41 Å². The fourth-order valence-corrected chi connectivity index (χ4v) is 12.9. The zero-order valence-corrected chi connectivity index (χ0v) is 38.3. The summed E-state index contributed by atoms with van der Waals surface area (Å²) in [4.78, 5) is 2.53. The van der Waals surface area contributed by atoms with Crippen molar-refractivity contribution >= 4 is 39.0 Å². The highest BCUT2D eigenvalue weighted by Gasteiger charge is 2.47. The maximum absolute atomic E-state index is 7.06. The third kappa shape index (κ3) is 5.12. The van der Waals surface area contributed by atoms with Crippen LogP contribution < -0.4 is 4.90 Å². The average molecular weight is 870 g/mol. The quantitative estimate of drug-likeness (QED) is 0.166. The molecule has 0 spiro atoms. The standard InChI is InChI=1S/C66H47NO/c1-64(2)55-29-15-10-24-47(55)51-36-34-44(39-59(51)64)67(45-35-37-52-50-27-13-18-32-58(50)66(60(52)40-45,42-20-6-4-7-21-42)43-22-8-5-9-23-43)46-38-54-53-28-14-19-33-62(53)68-63(54)61(41-46)65(3)56-30-16-11-25-48(56)49-26-12-17-31-57(49)65/h4-41H,1-3H3. The van der Waals surface area contributed by atoms with Crippen molar-refractivity contribution in [3.05, 3.63) is 281 Å². The van der Waals surface area contributed by atoms with Gasteiger partial charge in [-0.1, -0.05) is 202 Å². The maximum Gasteiger partial charge on any atom is 0.140 e. The molecule has 1 heterocycles. The van der Waals surface area contributed by atoms with Crippen LogP contribution in [-0.4, -0.2) is 0 Å². The van der Waals surface area contributed by atoms with Gasteiger partial charge in [-0.3, -0.25) is 0 Å². The van der Waals surface area contributed by atoms with Crippen molar-refractivity contribution in [1.29, 1.82) is 0 Å². The van der Waals surface area contributed by atoms with Crippen LogP contribution in [-0.2, 0) is 16.2 Å². The van der Waals surface area contributed by atoms with Gasteiger partial charge in [0.2, 0.25) is 0 Å². The number of para-hydroxylation sites is 1. The van der Waals surface area contributed by atoms with E-state index in [0.717, 1.165) is 44.6 Å². The SMILES string of the molecule is CC1(C)c2ccccc2-c2ccc(N(c3ccc4c(c3)C(c3ccccc3)(c3ccccc3)c3ccccc3-4)c3cc(C4(C)c5ccccc5-c5ccccc54)c4oc5ccccc5c4c3)cc21. The molecule has 0 saturated heterocycles. The molecule has 2 nitrogen and oxygen atoms in total. The Hall–Kier alpha value is -8.20. The summed E-state index contributed by atoms with van der Waals surface area (Å²) in [7, 11) is 0. The predicted molar refractivity (Wildman–Crippen MR) is 281 cm³/mol. The van der Waals surface area contributed by atoms with Crippen LogP contribution in [0, 0.1) is 0 Å². The summed E-state index contributed by atoms with van der Waals surface area (Å²) in [5.41, 5.74) is 23.0. The lowest BCUT2D eigenvalue weighted by Gasteiger charge is -2.35. The smallest absolute Gasteiger partial charge is 0.140 e. The summed E-state index contributed by atoms with van der Waals surface area (Å²) >= 11 is 0. The van der Waals surface area contributed by atoms with Gasteiger partial charge < -0.3 is 9.32 Å². The van der Waals surface area contributed by atoms with Gasteiger partial charge in [0.25, 0.3) is 0 Å². The Balaban J connectivity index is 1.09. The molecule has 0 radical (unpaired) electrons. The summed E-state index contributed by atoms with van der Waals surface area (Å²) in [6.45, 7) is 7.16. The number of furan rings is 1. The predicted octanol–water partition coefficient (Wildman–Crippen LogP) is 17.1. The Kier molecular flexibility index (Phi) is 8.12. The first-order valence-corrected chi connectivity index (χ1v) is 23.9.